The van der Waals surface area contributed by atoms with Crippen molar-refractivity contribution < 1.29 is 14.3 Å². The van der Waals surface area contributed by atoms with E-state index < -0.39 is 5.60 Å². The number of halogens is 2. The standard InChI is InChI=1S/C17H25BrN2O3.ClH/c1-3-20(12-13-23-15-6-4-14(18)5-7-15)16(21)17(22-2)8-10-19-11-9-17;/h4-7,19H,3,8-13H2,1-2H3;1H. The van der Waals surface area contributed by atoms with Gasteiger partial charge in [0, 0.05) is 18.1 Å². The van der Waals surface area contributed by atoms with Crippen molar-refractivity contribution in [2.45, 2.75) is 25.4 Å². The summed E-state index contributed by atoms with van der Waals surface area (Å²) in [6, 6.07) is 7.69. The zero-order valence-corrected chi connectivity index (χ0v) is 16.6. The second-order valence-corrected chi connectivity index (χ2v) is 6.55. The third-order valence-corrected chi connectivity index (χ3v) is 4.83. The van der Waals surface area contributed by atoms with Crippen LogP contribution >= 0.6 is 28.3 Å². The van der Waals surface area contributed by atoms with Crippen molar-refractivity contribution in [3.63, 3.8) is 0 Å². The highest BCUT2D eigenvalue weighted by Gasteiger charge is 2.41. The average Bonchev–Trinajstić information content (AvgIpc) is 2.60. The van der Waals surface area contributed by atoms with E-state index in [0.29, 0.717) is 32.5 Å². The molecule has 0 spiro atoms. The second-order valence-electron chi connectivity index (χ2n) is 5.64. The van der Waals surface area contributed by atoms with E-state index in [1.165, 1.54) is 0 Å². The molecule has 0 aliphatic carbocycles. The molecule has 7 heteroatoms. The largest absolute Gasteiger partial charge is 0.492 e. The molecule has 24 heavy (non-hydrogen) atoms. The fourth-order valence-electron chi connectivity index (χ4n) is 2.83. The van der Waals surface area contributed by atoms with Crippen LogP contribution in [-0.4, -0.2) is 56.3 Å². The first-order chi connectivity index (χ1) is 11.1. The van der Waals surface area contributed by atoms with Crippen LogP contribution in [0, 0.1) is 0 Å². The van der Waals surface area contributed by atoms with Crippen LogP contribution in [0.5, 0.6) is 5.75 Å². The first-order valence-electron chi connectivity index (χ1n) is 8.05. The highest BCUT2D eigenvalue weighted by Crippen LogP contribution is 2.25. The van der Waals surface area contributed by atoms with Crippen molar-refractivity contribution in [1.29, 1.82) is 0 Å². The maximum absolute atomic E-state index is 12.9. The highest BCUT2D eigenvalue weighted by atomic mass is 79.9. The van der Waals surface area contributed by atoms with Crippen LogP contribution in [0.2, 0.25) is 0 Å². The quantitative estimate of drug-likeness (QED) is 0.735. The number of piperidine rings is 1. The molecule has 2 rings (SSSR count). The summed E-state index contributed by atoms with van der Waals surface area (Å²) in [5, 5.41) is 3.28. The summed E-state index contributed by atoms with van der Waals surface area (Å²) in [7, 11) is 1.63. The van der Waals surface area contributed by atoms with Crippen LogP contribution in [0.3, 0.4) is 0 Å². The highest BCUT2D eigenvalue weighted by molar-refractivity contribution is 9.10. The number of methoxy groups -OCH3 is 1. The molecule has 1 heterocycles. The Hall–Kier alpha value is -0.820. The SMILES string of the molecule is CCN(CCOc1ccc(Br)cc1)C(=O)C1(OC)CCNCC1.Cl. The molecule has 5 nitrogen and oxygen atoms in total. The van der Waals surface area contributed by atoms with Gasteiger partial charge in [-0.25, -0.2) is 0 Å². The minimum absolute atomic E-state index is 0. The third kappa shape index (κ3) is 5.34. The number of ether oxygens (including phenoxy) is 2. The summed E-state index contributed by atoms with van der Waals surface area (Å²) in [4.78, 5) is 14.7. The third-order valence-electron chi connectivity index (χ3n) is 4.30. The molecule has 0 unspecified atom stereocenters. The van der Waals surface area contributed by atoms with E-state index in [1.54, 1.807) is 7.11 Å². The topological polar surface area (TPSA) is 50.8 Å². The number of carbonyl (C=O) groups is 1. The van der Waals surface area contributed by atoms with Crippen LogP contribution in [0.4, 0.5) is 0 Å². The Balaban J connectivity index is 0.00000288. The molecular formula is C17H26BrClN2O3. The lowest BCUT2D eigenvalue weighted by molar-refractivity contribution is -0.158. The smallest absolute Gasteiger partial charge is 0.255 e. The predicted molar refractivity (Wildman–Crippen MR) is 101 cm³/mol. The molecule has 1 aliphatic heterocycles. The van der Waals surface area contributed by atoms with Crippen molar-refractivity contribution in [3.8, 4) is 5.75 Å². The predicted octanol–water partition coefficient (Wildman–Crippen LogP) is 2.87. The lowest BCUT2D eigenvalue weighted by atomic mass is 9.90. The van der Waals surface area contributed by atoms with Crippen LogP contribution in [-0.2, 0) is 9.53 Å². The van der Waals surface area contributed by atoms with Gasteiger partial charge < -0.3 is 19.7 Å². The number of hydrogen-bond acceptors (Lipinski definition) is 4. The Morgan fingerprint density at radius 1 is 1.29 bits per heavy atom. The average molecular weight is 422 g/mol. The molecule has 0 bridgehead atoms. The van der Waals surface area contributed by atoms with Crippen molar-refractivity contribution in [2.75, 3.05) is 39.9 Å². The normalized spacial score (nSPS) is 16.1. The van der Waals surface area contributed by atoms with Gasteiger partial charge in [-0.05, 0) is 57.1 Å². The van der Waals surface area contributed by atoms with Crippen LogP contribution in [0.1, 0.15) is 19.8 Å². The van der Waals surface area contributed by atoms with Gasteiger partial charge >= 0.3 is 0 Å². The van der Waals surface area contributed by atoms with Gasteiger partial charge in [-0.15, -0.1) is 12.4 Å². The Labute approximate surface area is 158 Å². The summed E-state index contributed by atoms with van der Waals surface area (Å²) < 4.78 is 12.4. The van der Waals surface area contributed by atoms with Gasteiger partial charge in [-0.2, -0.15) is 0 Å². The monoisotopic (exact) mass is 420 g/mol. The van der Waals surface area contributed by atoms with E-state index in [9.17, 15) is 4.79 Å². The molecule has 1 aromatic carbocycles. The fourth-order valence-corrected chi connectivity index (χ4v) is 3.10. The van der Waals surface area contributed by atoms with E-state index in [0.717, 1.165) is 23.3 Å². The van der Waals surface area contributed by atoms with E-state index in [1.807, 2.05) is 36.1 Å². The van der Waals surface area contributed by atoms with E-state index in [2.05, 4.69) is 21.2 Å². The summed E-state index contributed by atoms with van der Waals surface area (Å²) in [6.45, 7) is 5.30. The number of rotatable bonds is 7. The zero-order chi connectivity index (χ0) is 16.7. The molecule has 0 saturated carbocycles. The van der Waals surface area contributed by atoms with Gasteiger partial charge in [0.05, 0.1) is 6.54 Å². The van der Waals surface area contributed by atoms with Gasteiger partial charge in [0.25, 0.3) is 5.91 Å². The van der Waals surface area contributed by atoms with Gasteiger partial charge in [0.2, 0.25) is 0 Å². The molecule has 1 aliphatic rings. The molecular weight excluding hydrogens is 396 g/mol. The Morgan fingerprint density at radius 3 is 2.46 bits per heavy atom. The molecule has 1 amide bonds. The molecule has 1 aromatic rings. The molecule has 1 N–H and O–H groups in total. The van der Waals surface area contributed by atoms with Crippen LogP contribution in [0.25, 0.3) is 0 Å². The maximum atomic E-state index is 12.9. The van der Waals surface area contributed by atoms with Crippen LogP contribution in [0.15, 0.2) is 28.7 Å². The first kappa shape index (κ1) is 21.2. The molecule has 136 valence electrons. The number of benzene rings is 1. The van der Waals surface area contributed by atoms with E-state index >= 15 is 0 Å². The molecule has 1 fully saturated rings. The fraction of sp³-hybridized carbons (Fsp3) is 0.588. The van der Waals surface area contributed by atoms with Gasteiger partial charge in [0.1, 0.15) is 18.0 Å². The van der Waals surface area contributed by atoms with Crippen molar-refractivity contribution >= 4 is 34.2 Å². The molecule has 0 radical (unpaired) electrons. The van der Waals surface area contributed by atoms with Crippen molar-refractivity contribution in [3.05, 3.63) is 28.7 Å². The van der Waals surface area contributed by atoms with Crippen molar-refractivity contribution in [2.24, 2.45) is 0 Å². The Bertz CT molecular complexity index is 507. The maximum Gasteiger partial charge on any atom is 0.255 e. The lowest BCUT2D eigenvalue weighted by Crippen LogP contribution is -2.55. The van der Waals surface area contributed by atoms with Gasteiger partial charge in [-0.3, -0.25) is 4.79 Å². The zero-order valence-electron chi connectivity index (χ0n) is 14.2. The first-order valence-corrected chi connectivity index (χ1v) is 8.84. The number of nitrogens with zero attached hydrogens (tertiary/aromatic N) is 1. The summed E-state index contributed by atoms with van der Waals surface area (Å²) in [5.74, 6) is 0.878. The minimum Gasteiger partial charge on any atom is -0.492 e. The van der Waals surface area contributed by atoms with E-state index in [-0.39, 0.29) is 18.3 Å². The summed E-state index contributed by atoms with van der Waals surface area (Å²) in [5.41, 5.74) is -0.682. The Kier molecular flexibility index (Phi) is 9.05. The molecule has 0 atom stereocenters. The Morgan fingerprint density at radius 2 is 1.92 bits per heavy atom. The van der Waals surface area contributed by atoms with Crippen molar-refractivity contribution in [1.82, 2.24) is 10.2 Å². The number of hydrogen-bond donors (Lipinski definition) is 1. The lowest BCUT2D eigenvalue weighted by Gasteiger charge is -2.38. The number of nitrogens with one attached hydrogen (secondary N) is 1. The number of likely N-dealkylation sites (N-methyl/N-ethyl adjacent to an activating group) is 1. The van der Waals surface area contributed by atoms with Crippen LogP contribution < -0.4 is 10.1 Å². The second kappa shape index (κ2) is 10.2. The molecule has 0 aromatic heterocycles. The minimum atomic E-state index is -0.682. The molecule has 1 saturated heterocycles. The number of amides is 1. The van der Waals surface area contributed by atoms with E-state index in [4.69, 9.17) is 9.47 Å². The van der Waals surface area contributed by atoms with Gasteiger partial charge in [0.15, 0.2) is 0 Å². The van der Waals surface area contributed by atoms with Gasteiger partial charge in [-0.1, -0.05) is 15.9 Å². The number of carbonyl (C=O) groups excluding carboxylic acids is 1. The summed E-state index contributed by atoms with van der Waals surface area (Å²) >= 11 is 3.40. The summed E-state index contributed by atoms with van der Waals surface area (Å²) in [6.07, 6.45) is 1.43.